The first kappa shape index (κ1) is 14.9. The summed E-state index contributed by atoms with van der Waals surface area (Å²) in [4.78, 5) is 13.2. The average Bonchev–Trinajstić information content (AvgIpc) is 2.61. The standard InChI is InChI=1S/C10H17N3O2.ClH/c1-4-9(11)10(14)13(3)6-8-5-7(2)15-12-8;/h5,9H,4,6,11H2,1-3H3;1H/t9-;/m0./s1. The highest BCUT2D eigenvalue weighted by Crippen LogP contribution is 2.05. The zero-order valence-electron chi connectivity index (χ0n) is 9.77. The molecule has 5 nitrogen and oxygen atoms in total. The molecule has 1 amide bonds. The van der Waals surface area contributed by atoms with Gasteiger partial charge < -0.3 is 15.2 Å². The molecule has 0 radical (unpaired) electrons. The van der Waals surface area contributed by atoms with Crippen molar-refractivity contribution in [1.29, 1.82) is 0 Å². The van der Waals surface area contributed by atoms with E-state index < -0.39 is 6.04 Å². The van der Waals surface area contributed by atoms with Crippen molar-refractivity contribution in [2.75, 3.05) is 7.05 Å². The predicted molar refractivity (Wildman–Crippen MR) is 63.2 cm³/mol. The van der Waals surface area contributed by atoms with Crippen LogP contribution in [0.2, 0.25) is 0 Å². The second-order valence-corrected chi connectivity index (χ2v) is 3.64. The van der Waals surface area contributed by atoms with Crippen LogP contribution in [0.5, 0.6) is 0 Å². The molecule has 6 heteroatoms. The van der Waals surface area contributed by atoms with E-state index in [4.69, 9.17) is 10.3 Å². The third-order valence-electron chi connectivity index (χ3n) is 2.21. The first-order chi connectivity index (χ1) is 7.04. The maximum absolute atomic E-state index is 11.6. The first-order valence-electron chi connectivity index (χ1n) is 4.97. The fourth-order valence-corrected chi connectivity index (χ4v) is 1.27. The highest BCUT2D eigenvalue weighted by molar-refractivity contribution is 5.85. The Morgan fingerprint density at radius 3 is 2.75 bits per heavy atom. The van der Waals surface area contributed by atoms with Crippen LogP contribution in [0, 0.1) is 6.92 Å². The second kappa shape index (κ2) is 6.50. The molecule has 1 aromatic heterocycles. The molecule has 0 bridgehead atoms. The van der Waals surface area contributed by atoms with Crippen LogP contribution in [-0.2, 0) is 11.3 Å². The molecular formula is C10H18ClN3O2. The molecule has 16 heavy (non-hydrogen) atoms. The molecule has 0 fully saturated rings. The number of halogens is 1. The summed E-state index contributed by atoms with van der Waals surface area (Å²) in [6, 6.07) is 1.38. The number of carbonyl (C=O) groups excluding carboxylic acids is 1. The molecule has 0 aliphatic rings. The molecule has 1 aromatic rings. The lowest BCUT2D eigenvalue weighted by atomic mass is 10.2. The molecule has 0 aliphatic heterocycles. The zero-order chi connectivity index (χ0) is 11.4. The minimum absolute atomic E-state index is 0. The van der Waals surface area contributed by atoms with Gasteiger partial charge in [-0.1, -0.05) is 12.1 Å². The van der Waals surface area contributed by atoms with Crippen molar-refractivity contribution < 1.29 is 9.32 Å². The maximum Gasteiger partial charge on any atom is 0.239 e. The summed E-state index contributed by atoms with van der Waals surface area (Å²) >= 11 is 0. The summed E-state index contributed by atoms with van der Waals surface area (Å²) < 4.78 is 4.91. The number of carbonyl (C=O) groups is 1. The monoisotopic (exact) mass is 247 g/mol. The molecular weight excluding hydrogens is 230 g/mol. The average molecular weight is 248 g/mol. The molecule has 1 rings (SSSR count). The quantitative estimate of drug-likeness (QED) is 0.865. The molecule has 0 saturated carbocycles. The van der Waals surface area contributed by atoms with Gasteiger partial charge in [0.1, 0.15) is 11.5 Å². The summed E-state index contributed by atoms with van der Waals surface area (Å²) in [5, 5.41) is 3.81. The van der Waals surface area contributed by atoms with Gasteiger partial charge in [-0.2, -0.15) is 0 Å². The van der Waals surface area contributed by atoms with Crippen LogP contribution < -0.4 is 5.73 Å². The Morgan fingerprint density at radius 1 is 1.69 bits per heavy atom. The normalized spacial score (nSPS) is 11.8. The van der Waals surface area contributed by atoms with E-state index in [-0.39, 0.29) is 18.3 Å². The lowest BCUT2D eigenvalue weighted by Gasteiger charge is -2.19. The predicted octanol–water partition coefficient (Wildman–Crippen LogP) is 1.10. The SMILES string of the molecule is CC[C@H](N)C(=O)N(C)Cc1cc(C)on1.Cl. The van der Waals surface area contributed by atoms with E-state index in [1.807, 2.05) is 13.8 Å². The van der Waals surface area contributed by atoms with Crippen molar-refractivity contribution in [3.63, 3.8) is 0 Å². The smallest absolute Gasteiger partial charge is 0.239 e. The largest absolute Gasteiger partial charge is 0.361 e. The van der Waals surface area contributed by atoms with Crippen molar-refractivity contribution >= 4 is 18.3 Å². The van der Waals surface area contributed by atoms with Crippen LogP contribution in [0.25, 0.3) is 0 Å². The summed E-state index contributed by atoms with van der Waals surface area (Å²) in [6.45, 7) is 4.14. The Hall–Kier alpha value is -1.07. The van der Waals surface area contributed by atoms with Crippen LogP contribution in [0.1, 0.15) is 24.8 Å². The minimum atomic E-state index is -0.428. The van der Waals surface area contributed by atoms with Crippen molar-refractivity contribution in [2.24, 2.45) is 5.73 Å². The number of hydrogen-bond acceptors (Lipinski definition) is 4. The van der Waals surface area contributed by atoms with Gasteiger partial charge in [0.15, 0.2) is 0 Å². The summed E-state index contributed by atoms with van der Waals surface area (Å²) in [5.41, 5.74) is 6.38. The Morgan fingerprint density at radius 2 is 2.31 bits per heavy atom. The maximum atomic E-state index is 11.6. The second-order valence-electron chi connectivity index (χ2n) is 3.64. The van der Waals surface area contributed by atoms with Crippen molar-refractivity contribution in [3.8, 4) is 0 Å². The number of nitrogens with zero attached hydrogens (tertiary/aromatic N) is 2. The highest BCUT2D eigenvalue weighted by Gasteiger charge is 2.17. The molecule has 2 N–H and O–H groups in total. The fourth-order valence-electron chi connectivity index (χ4n) is 1.27. The molecule has 0 unspecified atom stereocenters. The molecule has 0 aromatic carbocycles. The van der Waals surface area contributed by atoms with Crippen LogP contribution in [0.15, 0.2) is 10.6 Å². The lowest BCUT2D eigenvalue weighted by Crippen LogP contribution is -2.40. The van der Waals surface area contributed by atoms with E-state index in [0.29, 0.717) is 13.0 Å². The van der Waals surface area contributed by atoms with E-state index in [9.17, 15) is 4.79 Å². The molecule has 1 heterocycles. The molecule has 1 atom stereocenters. The van der Waals surface area contributed by atoms with Crippen LogP contribution >= 0.6 is 12.4 Å². The van der Waals surface area contributed by atoms with Gasteiger partial charge in [-0.05, 0) is 13.3 Å². The number of aryl methyl sites for hydroxylation is 1. The van der Waals surface area contributed by atoms with E-state index in [1.54, 1.807) is 18.0 Å². The van der Waals surface area contributed by atoms with E-state index >= 15 is 0 Å². The summed E-state index contributed by atoms with van der Waals surface area (Å²) in [7, 11) is 1.71. The van der Waals surface area contributed by atoms with Gasteiger partial charge in [-0.15, -0.1) is 12.4 Å². The number of likely N-dealkylation sites (N-methyl/N-ethyl adjacent to an activating group) is 1. The molecule has 92 valence electrons. The van der Waals surface area contributed by atoms with Crippen molar-refractivity contribution in [1.82, 2.24) is 10.1 Å². The Kier molecular flexibility index (Phi) is 6.06. The number of hydrogen-bond donors (Lipinski definition) is 1. The van der Waals surface area contributed by atoms with Gasteiger partial charge in [0.25, 0.3) is 0 Å². The van der Waals surface area contributed by atoms with E-state index in [0.717, 1.165) is 11.5 Å². The third-order valence-corrected chi connectivity index (χ3v) is 2.21. The van der Waals surface area contributed by atoms with Crippen molar-refractivity contribution in [2.45, 2.75) is 32.9 Å². The number of amides is 1. The third kappa shape index (κ3) is 3.83. The molecule has 0 spiro atoms. The highest BCUT2D eigenvalue weighted by atomic mass is 35.5. The fraction of sp³-hybridized carbons (Fsp3) is 0.600. The van der Waals surface area contributed by atoms with Crippen LogP contribution in [-0.4, -0.2) is 29.1 Å². The van der Waals surface area contributed by atoms with Gasteiger partial charge in [0, 0.05) is 13.1 Å². The topological polar surface area (TPSA) is 72.4 Å². The Balaban J connectivity index is 0.00000225. The number of aromatic nitrogens is 1. The Bertz CT molecular complexity index is 341. The van der Waals surface area contributed by atoms with Gasteiger partial charge in [0.2, 0.25) is 5.91 Å². The zero-order valence-corrected chi connectivity index (χ0v) is 10.6. The van der Waals surface area contributed by atoms with Gasteiger partial charge in [0.05, 0.1) is 12.6 Å². The minimum Gasteiger partial charge on any atom is -0.361 e. The van der Waals surface area contributed by atoms with Gasteiger partial charge in [-0.25, -0.2) is 0 Å². The van der Waals surface area contributed by atoms with Gasteiger partial charge in [-0.3, -0.25) is 4.79 Å². The van der Waals surface area contributed by atoms with E-state index in [1.165, 1.54) is 0 Å². The van der Waals surface area contributed by atoms with Crippen LogP contribution in [0.4, 0.5) is 0 Å². The molecule has 0 aliphatic carbocycles. The summed E-state index contributed by atoms with van der Waals surface area (Å²) in [5.74, 6) is 0.670. The first-order valence-corrected chi connectivity index (χ1v) is 4.97. The van der Waals surface area contributed by atoms with E-state index in [2.05, 4.69) is 5.16 Å². The summed E-state index contributed by atoms with van der Waals surface area (Å²) in [6.07, 6.45) is 0.640. The molecule has 0 saturated heterocycles. The number of rotatable bonds is 4. The lowest BCUT2D eigenvalue weighted by molar-refractivity contribution is -0.131. The number of nitrogens with two attached hydrogens (primary N) is 1. The van der Waals surface area contributed by atoms with Crippen LogP contribution in [0.3, 0.4) is 0 Å². The van der Waals surface area contributed by atoms with Crippen molar-refractivity contribution in [3.05, 3.63) is 17.5 Å². The Labute approximate surface area is 101 Å². The van der Waals surface area contributed by atoms with Gasteiger partial charge >= 0.3 is 0 Å².